The first-order chi connectivity index (χ1) is 11.2. The third-order valence-corrected chi connectivity index (χ3v) is 2.84. The summed E-state index contributed by atoms with van der Waals surface area (Å²) in [6.07, 6.45) is -23.1. The fourth-order valence-corrected chi connectivity index (χ4v) is 1.83. The van der Waals surface area contributed by atoms with Crippen molar-refractivity contribution in [3.63, 3.8) is 0 Å². The van der Waals surface area contributed by atoms with Crippen molar-refractivity contribution >= 4 is 0 Å². The van der Waals surface area contributed by atoms with Gasteiger partial charge in [0.25, 0.3) is 0 Å². The van der Waals surface area contributed by atoms with Crippen molar-refractivity contribution in [1.82, 2.24) is 0 Å². The van der Waals surface area contributed by atoms with Gasteiger partial charge in [0.2, 0.25) is 6.10 Å². The summed E-state index contributed by atoms with van der Waals surface area (Å²) in [6, 6.07) is 4.90. The molecule has 136 valence electrons. The molecule has 0 amide bonds. The van der Waals surface area contributed by atoms with Gasteiger partial charge in [-0.25, -0.2) is 0 Å². The summed E-state index contributed by atoms with van der Waals surface area (Å²) >= 11 is 0. The lowest BCUT2D eigenvalue weighted by Crippen LogP contribution is -2.53. The van der Waals surface area contributed by atoms with Crippen molar-refractivity contribution in [2.24, 2.45) is 5.92 Å². The minimum atomic E-state index is -6.32. The van der Waals surface area contributed by atoms with Gasteiger partial charge >= 0.3 is 18.5 Å². The molecular weight excluding hydrogens is 371 g/mol. The molecule has 0 aliphatic carbocycles. The van der Waals surface area contributed by atoms with Crippen LogP contribution in [-0.4, -0.2) is 24.6 Å². The maximum atomic E-state index is 12.9. The number of ether oxygens (including phenoxy) is 1. The summed E-state index contributed by atoms with van der Waals surface area (Å²) in [5, 5.41) is 17.5. The molecular formula is C13H5F9N2O. The average molecular weight is 376 g/mol. The third kappa shape index (κ3) is 4.68. The summed E-state index contributed by atoms with van der Waals surface area (Å²) in [7, 11) is 0. The van der Waals surface area contributed by atoms with E-state index >= 15 is 0 Å². The van der Waals surface area contributed by atoms with E-state index in [0.29, 0.717) is 6.07 Å². The number of nitrogens with zero attached hydrogens (tertiary/aromatic N) is 2. The Bertz CT molecular complexity index is 693. The van der Waals surface area contributed by atoms with Crippen LogP contribution in [-0.2, 0) is 0 Å². The van der Waals surface area contributed by atoms with Crippen molar-refractivity contribution < 1.29 is 44.3 Å². The van der Waals surface area contributed by atoms with Crippen LogP contribution in [0.3, 0.4) is 0 Å². The number of benzene rings is 1. The molecule has 0 saturated heterocycles. The van der Waals surface area contributed by atoms with Gasteiger partial charge in [0.15, 0.2) is 5.92 Å². The van der Waals surface area contributed by atoms with Gasteiger partial charge in [-0.1, -0.05) is 6.07 Å². The smallest absolute Gasteiger partial charge is 0.426 e. The summed E-state index contributed by atoms with van der Waals surface area (Å²) in [5.41, 5.74) is -1.49. The lowest BCUT2D eigenvalue weighted by atomic mass is 10.00. The number of alkyl halides is 9. The summed E-state index contributed by atoms with van der Waals surface area (Å²) < 4.78 is 118. The van der Waals surface area contributed by atoms with Crippen LogP contribution in [0, 0.1) is 28.6 Å². The lowest BCUT2D eigenvalue weighted by molar-refractivity contribution is -0.340. The highest BCUT2D eigenvalue weighted by Crippen LogP contribution is 2.47. The van der Waals surface area contributed by atoms with Crippen LogP contribution in [0.5, 0.6) is 5.75 Å². The first-order valence-corrected chi connectivity index (χ1v) is 6.03. The number of rotatable bonds is 3. The van der Waals surface area contributed by atoms with E-state index in [1.54, 1.807) is 0 Å². The molecule has 1 aromatic carbocycles. The van der Waals surface area contributed by atoms with Crippen LogP contribution >= 0.6 is 0 Å². The van der Waals surface area contributed by atoms with Gasteiger partial charge in [-0.3, -0.25) is 0 Å². The van der Waals surface area contributed by atoms with Gasteiger partial charge in [0, 0.05) is 0 Å². The standard InChI is InChI=1S/C13H5F9N2O/c14-11(15,16)9(12(17,18)19)10(13(20,21)22)25-8-3-1-2-6(4-23)7(8)5-24/h1-3,9-10H. The second-order valence-electron chi connectivity index (χ2n) is 4.54. The lowest BCUT2D eigenvalue weighted by Gasteiger charge is -2.32. The molecule has 25 heavy (non-hydrogen) atoms. The molecule has 0 fully saturated rings. The zero-order chi connectivity index (χ0) is 19.6. The Hall–Kier alpha value is -2.63. The Morgan fingerprint density at radius 2 is 1.32 bits per heavy atom. The van der Waals surface area contributed by atoms with Crippen LogP contribution in [0.25, 0.3) is 0 Å². The van der Waals surface area contributed by atoms with Crippen LogP contribution in [0.2, 0.25) is 0 Å². The summed E-state index contributed by atoms with van der Waals surface area (Å²) in [5.74, 6) is -6.10. The van der Waals surface area contributed by atoms with Gasteiger partial charge in [-0.05, 0) is 12.1 Å². The van der Waals surface area contributed by atoms with Gasteiger partial charge in [0.05, 0.1) is 5.56 Å². The van der Waals surface area contributed by atoms with Crippen molar-refractivity contribution in [2.75, 3.05) is 0 Å². The number of hydrogen-bond acceptors (Lipinski definition) is 3. The molecule has 0 aromatic heterocycles. The molecule has 12 heteroatoms. The molecule has 0 N–H and O–H groups in total. The van der Waals surface area contributed by atoms with E-state index < -0.39 is 47.4 Å². The second kappa shape index (κ2) is 6.70. The van der Waals surface area contributed by atoms with Crippen LogP contribution in [0.4, 0.5) is 39.5 Å². The SMILES string of the molecule is N#Cc1cccc(OC(C(C(F)(F)F)C(F)(F)F)C(F)(F)F)c1C#N. The predicted octanol–water partition coefficient (Wildman–Crippen LogP) is 4.48. The van der Waals surface area contributed by atoms with E-state index in [9.17, 15) is 39.5 Å². The fourth-order valence-electron chi connectivity index (χ4n) is 1.83. The molecule has 0 saturated carbocycles. The topological polar surface area (TPSA) is 56.8 Å². The summed E-state index contributed by atoms with van der Waals surface area (Å²) in [4.78, 5) is 0. The highest BCUT2D eigenvalue weighted by atomic mass is 19.4. The molecule has 0 heterocycles. The third-order valence-electron chi connectivity index (χ3n) is 2.84. The molecule has 0 aliphatic rings. The Labute approximate surface area is 133 Å². The van der Waals surface area contributed by atoms with E-state index in [1.165, 1.54) is 12.1 Å². The van der Waals surface area contributed by atoms with Gasteiger partial charge in [0.1, 0.15) is 23.5 Å². The second-order valence-corrected chi connectivity index (χ2v) is 4.54. The van der Waals surface area contributed by atoms with Gasteiger partial charge in [-0.2, -0.15) is 50.0 Å². The Balaban J connectivity index is 3.51. The van der Waals surface area contributed by atoms with Crippen LogP contribution in [0.1, 0.15) is 11.1 Å². The molecule has 0 aliphatic heterocycles. The Morgan fingerprint density at radius 1 is 0.800 bits per heavy atom. The molecule has 3 nitrogen and oxygen atoms in total. The predicted molar refractivity (Wildman–Crippen MR) is 61.9 cm³/mol. The first kappa shape index (κ1) is 20.4. The van der Waals surface area contributed by atoms with E-state index in [0.717, 1.165) is 12.1 Å². The maximum Gasteiger partial charge on any atom is 0.426 e. The maximum absolute atomic E-state index is 12.9. The molecule has 1 atom stereocenters. The van der Waals surface area contributed by atoms with E-state index in [-0.39, 0.29) is 0 Å². The fraction of sp³-hybridized carbons (Fsp3) is 0.385. The molecule has 0 radical (unpaired) electrons. The zero-order valence-electron chi connectivity index (χ0n) is 11.6. The number of nitriles is 2. The molecule has 1 rings (SSSR count). The summed E-state index contributed by atoms with van der Waals surface area (Å²) in [6.45, 7) is 0. The zero-order valence-corrected chi connectivity index (χ0v) is 11.6. The van der Waals surface area contributed by atoms with E-state index in [4.69, 9.17) is 10.5 Å². The van der Waals surface area contributed by atoms with Crippen LogP contribution in [0.15, 0.2) is 18.2 Å². The highest BCUT2D eigenvalue weighted by Gasteiger charge is 2.68. The Kier molecular flexibility index (Phi) is 5.47. The van der Waals surface area contributed by atoms with Crippen molar-refractivity contribution in [3.8, 4) is 17.9 Å². The quantitative estimate of drug-likeness (QED) is 0.731. The Morgan fingerprint density at radius 3 is 1.68 bits per heavy atom. The largest absolute Gasteiger partial charge is 0.478 e. The normalized spacial score (nSPS) is 13.9. The van der Waals surface area contributed by atoms with Crippen molar-refractivity contribution in [3.05, 3.63) is 29.3 Å². The molecule has 1 unspecified atom stereocenters. The van der Waals surface area contributed by atoms with Gasteiger partial charge in [-0.15, -0.1) is 0 Å². The highest BCUT2D eigenvalue weighted by molar-refractivity contribution is 5.53. The monoisotopic (exact) mass is 376 g/mol. The molecule has 0 bridgehead atoms. The van der Waals surface area contributed by atoms with Crippen molar-refractivity contribution in [1.29, 1.82) is 10.5 Å². The van der Waals surface area contributed by atoms with Crippen molar-refractivity contribution in [2.45, 2.75) is 24.6 Å². The van der Waals surface area contributed by atoms with E-state index in [1.807, 2.05) is 0 Å². The first-order valence-electron chi connectivity index (χ1n) is 6.03. The van der Waals surface area contributed by atoms with Crippen LogP contribution < -0.4 is 4.74 Å². The minimum Gasteiger partial charge on any atom is -0.478 e. The molecule has 1 aromatic rings. The van der Waals surface area contributed by atoms with E-state index in [2.05, 4.69) is 4.74 Å². The minimum absolute atomic E-state index is 0.557. The average Bonchev–Trinajstić information content (AvgIpc) is 2.42. The van der Waals surface area contributed by atoms with Gasteiger partial charge < -0.3 is 4.74 Å². The molecule has 0 spiro atoms. The number of hydrogen-bond donors (Lipinski definition) is 0. The number of halogens is 9.